The van der Waals surface area contributed by atoms with Crippen LogP contribution in [0.5, 0.6) is 0 Å². The molecule has 1 amide bonds. The standard InChI is InChI=1S/C21H23FN4OS/c1-3-13-23-20(27)15(2)28-21-25-24-19(17-9-11-18(22)12-10-17)26(21)14-16-7-5-4-6-8-16/h4-12,15H,3,13-14H2,1-2H3,(H,23,27)/t15-/m0/s1. The number of thioether (sulfide) groups is 1. The summed E-state index contributed by atoms with van der Waals surface area (Å²) in [5.41, 5.74) is 1.87. The first-order valence-corrected chi connectivity index (χ1v) is 10.1. The van der Waals surface area contributed by atoms with Crippen LogP contribution in [0.1, 0.15) is 25.8 Å². The van der Waals surface area contributed by atoms with Crippen LogP contribution in [0.3, 0.4) is 0 Å². The number of halogens is 1. The summed E-state index contributed by atoms with van der Waals surface area (Å²) in [5.74, 6) is 0.325. The van der Waals surface area contributed by atoms with Gasteiger partial charge in [-0.2, -0.15) is 0 Å². The number of carbonyl (C=O) groups is 1. The molecule has 0 fully saturated rings. The van der Waals surface area contributed by atoms with Gasteiger partial charge in [0.2, 0.25) is 5.91 Å². The lowest BCUT2D eigenvalue weighted by Crippen LogP contribution is -2.31. The molecule has 1 atom stereocenters. The van der Waals surface area contributed by atoms with Crippen molar-refractivity contribution in [1.29, 1.82) is 0 Å². The Labute approximate surface area is 168 Å². The van der Waals surface area contributed by atoms with Crippen molar-refractivity contribution >= 4 is 17.7 Å². The molecule has 1 N–H and O–H groups in total. The van der Waals surface area contributed by atoms with Gasteiger partial charge in [0, 0.05) is 12.1 Å². The maximum absolute atomic E-state index is 13.3. The van der Waals surface area contributed by atoms with Crippen molar-refractivity contribution in [2.24, 2.45) is 0 Å². The van der Waals surface area contributed by atoms with Crippen molar-refractivity contribution < 1.29 is 9.18 Å². The summed E-state index contributed by atoms with van der Waals surface area (Å²) in [6.45, 7) is 5.09. The maximum Gasteiger partial charge on any atom is 0.233 e. The summed E-state index contributed by atoms with van der Waals surface area (Å²) in [6.07, 6.45) is 0.891. The second-order valence-electron chi connectivity index (χ2n) is 6.44. The van der Waals surface area contributed by atoms with Crippen molar-refractivity contribution in [3.63, 3.8) is 0 Å². The Morgan fingerprint density at radius 3 is 2.54 bits per heavy atom. The van der Waals surface area contributed by atoms with E-state index in [2.05, 4.69) is 15.5 Å². The lowest BCUT2D eigenvalue weighted by Gasteiger charge is -2.14. The van der Waals surface area contributed by atoms with Crippen molar-refractivity contribution in [2.45, 2.75) is 37.2 Å². The average Bonchev–Trinajstić information content (AvgIpc) is 3.09. The van der Waals surface area contributed by atoms with Gasteiger partial charge in [-0.05, 0) is 43.2 Å². The number of aromatic nitrogens is 3. The SMILES string of the molecule is CCCNC(=O)[C@H](C)Sc1nnc(-c2ccc(F)cc2)n1Cc1ccccc1. The van der Waals surface area contributed by atoms with Crippen molar-refractivity contribution in [3.05, 3.63) is 66.0 Å². The lowest BCUT2D eigenvalue weighted by atomic mass is 10.2. The molecular formula is C21H23FN4OS. The minimum Gasteiger partial charge on any atom is -0.355 e. The van der Waals surface area contributed by atoms with Crippen LogP contribution in [-0.2, 0) is 11.3 Å². The van der Waals surface area contributed by atoms with Gasteiger partial charge in [-0.3, -0.25) is 9.36 Å². The van der Waals surface area contributed by atoms with Gasteiger partial charge < -0.3 is 5.32 Å². The van der Waals surface area contributed by atoms with Gasteiger partial charge in [0.05, 0.1) is 11.8 Å². The Kier molecular flexibility index (Phi) is 6.81. The predicted molar refractivity (Wildman–Crippen MR) is 110 cm³/mol. The molecule has 0 aliphatic heterocycles. The van der Waals surface area contributed by atoms with Crippen LogP contribution < -0.4 is 5.32 Å². The molecule has 146 valence electrons. The van der Waals surface area contributed by atoms with Gasteiger partial charge in [0.15, 0.2) is 11.0 Å². The van der Waals surface area contributed by atoms with Crippen LogP contribution in [0.15, 0.2) is 59.8 Å². The van der Waals surface area contributed by atoms with E-state index in [-0.39, 0.29) is 17.0 Å². The van der Waals surface area contributed by atoms with E-state index in [9.17, 15) is 9.18 Å². The highest BCUT2D eigenvalue weighted by atomic mass is 32.2. The molecule has 0 aliphatic rings. The molecule has 1 heterocycles. The topological polar surface area (TPSA) is 59.8 Å². The molecule has 5 nitrogen and oxygen atoms in total. The molecule has 0 bridgehead atoms. The van der Waals surface area contributed by atoms with Gasteiger partial charge in [0.25, 0.3) is 0 Å². The molecule has 0 aliphatic carbocycles. The minimum atomic E-state index is -0.300. The molecule has 1 aromatic heterocycles. The Balaban J connectivity index is 1.91. The molecule has 3 rings (SSSR count). The predicted octanol–water partition coefficient (Wildman–Crippen LogP) is 4.14. The summed E-state index contributed by atoms with van der Waals surface area (Å²) >= 11 is 1.37. The van der Waals surface area contributed by atoms with Crippen LogP contribution in [0, 0.1) is 5.82 Å². The molecule has 7 heteroatoms. The summed E-state index contributed by atoms with van der Waals surface area (Å²) < 4.78 is 15.3. The van der Waals surface area contributed by atoms with Gasteiger partial charge in [-0.25, -0.2) is 4.39 Å². The number of hydrogen-bond acceptors (Lipinski definition) is 4. The monoisotopic (exact) mass is 398 g/mol. The van der Waals surface area contributed by atoms with Gasteiger partial charge in [-0.15, -0.1) is 10.2 Å². The van der Waals surface area contributed by atoms with E-state index < -0.39 is 0 Å². The van der Waals surface area contributed by atoms with E-state index in [0.717, 1.165) is 17.5 Å². The lowest BCUT2D eigenvalue weighted by molar-refractivity contribution is -0.120. The second-order valence-corrected chi connectivity index (χ2v) is 7.74. The number of rotatable bonds is 8. The van der Waals surface area contributed by atoms with E-state index in [4.69, 9.17) is 0 Å². The van der Waals surface area contributed by atoms with Crippen molar-refractivity contribution in [3.8, 4) is 11.4 Å². The van der Waals surface area contributed by atoms with E-state index in [0.29, 0.717) is 24.1 Å². The number of nitrogens with zero attached hydrogens (tertiary/aromatic N) is 3. The zero-order valence-electron chi connectivity index (χ0n) is 15.9. The van der Waals surface area contributed by atoms with Gasteiger partial charge in [0.1, 0.15) is 5.82 Å². The summed E-state index contributed by atoms with van der Waals surface area (Å²) in [5, 5.41) is 11.9. The number of amides is 1. The number of nitrogens with one attached hydrogen (secondary N) is 1. The highest BCUT2D eigenvalue weighted by Gasteiger charge is 2.21. The largest absolute Gasteiger partial charge is 0.355 e. The fourth-order valence-corrected chi connectivity index (χ4v) is 3.57. The fraction of sp³-hybridized carbons (Fsp3) is 0.286. The first kappa shape index (κ1) is 20.1. The smallest absolute Gasteiger partial charge is 0.233 e. The van der Waals surface area contributed by atoms with E-state index in [1.807, 2.05) is 48.7 Å². The minimum absolute atomic E-state index is 0.0237. The Morgan fingerprint density at radius 1 is 1.14 bits per heavy atom. The zero-order chi connectivity index (χ0) is 19.9. The second kappa shape index (κ2) is 9.50. The quantitative estimate of drug-likeness (QED) is 0.580. The molecule has 0 saturated carbocycles. The van der Waals surface area contributed by atoms with Crippen LogP contribution in [0.2, 0.25) is 0 Å². The molecule has 28 heavy (non-hydrogen) atoms. The summed E-state index contributed by atoms with van der Waals surface area (Å²) in [6, 6.07) is 16.2. The normalized spacial score (nSPS) is 12.0. The fourth-order valence-electron chi connectivity index (χ4n) is 2.70. The average molecular weight is 399 g/mol. The third-order valence-corrected chi connectivity index (χ3v) is 5.28. The molecule has 3 aromatic rings. The van der Waals surface area contributed by atoms with Gasteiger partial charge >= 0.3 is 0 Å². The summed E-state index contributed by atoms with van der Waals surface area (Å²) in [4.78, 5) is 12.3. The van der Waals surface area contributed by atoms with Crippen LogP contribution in [0.4, 0.5) is 4.39 Å². The molecule has 0 spiro atoms. The third kappa shape index (κ3) is 4.98. The Bertz CT molecular complexity index is 912. The highest BCUT2D eigenvalue weighted by molar-refractivity contribution is 8.00. The Hall–Kier alpha value is -2.67. The first-order chi connectivity index (χ1) is 13.6. The molecule has 0 unspecified atom stereocenters. The van der Waals surface area contributed by atoms with Crippen molar-refractivity contribution in [2.75, 3.05) is 6.54 Å². The van der Waals surface area contributed by atoms with E-state index in [1.165, 1.54) is 23.9 Å². The van der Waals surface area contributed by atoms with E-state index >= 15 is 0 Å². The number of hydrogen-bond donors (Lipinski definition) is 1. The van der Waals surface area contributed by atoms with Crippen LogP contribution in [-0.4, -0.2) is 32.5 Å². The maximum atomic E-state index is 13.3. The number of carbonyl (C=O) groups excluding carboxylic acids is 1. The summed E-state index contributed by atoms with van der Waals surface area (Å²) in [7, 11) is 0. The molecular weight excluding hydrogens is 375 g/mol. The molecule has 0 radical (unpaired) electrons. The first-order valence-electron chi connectivity index (χ1n) is 9.26. The van der Waals surface area contributed by atoms with Crippen LogP contribution >= 0.6 is 11.8 Å². The molecule has 2 aromatic carbocycles. The van der Waals surface area contributed by atoms with Crippen molar-refractivity contribution in [1.82, 2.24) is 20.1 Å². The Morgan fingerprint density at radius 2 is 1.86 bits per heavy atom. The highest BCUT2D eigenvalue weighted by Crippen LogP contribution is 2.28. The van der Waals surface area contributed by atoms with Crippen LogP contribution in [0.25, 0.3) is 11.4 Å². The number of benzene rings is 2. The van der Waals surface area contributed by atoms with E-state index in [1.54, 1.807) is 12.1 Å². The third-order valence-electron chi connectivity index (χ3n) is 4.20. The molecule has 0 saturated heterocycles. The van der Waals surface area contributed by atoms with Gasteiger partial charge in [-0.1, -0.05) is 49.0 Å². The zero-order valence-corrected chi connectivity index (χ0v) is 16.7.